The van der Waals surface area contributed by atoms with Crippen molar-refractivity contribution in [1.82, 2.24) is 14.9 Å². The smallest absolute Gasteiger partial charge is 0.0958 e. The fourth-order valence-electron chi connectivity index (χ4n) is 1.78. The molecule has 0 aliphatic rings. The lowest BCUT2D eigenvalue weighted by molar-refractivity contribution is 0.528. The van der Waals surface area contributed by atoms with Crippen LogP contribution in [0.15, 0.2) is 30.6 Å². The Kier molecular flexibility index (Phi) is 3.57. The minimum absolute atomic E-state index is 0.708. The second-order valence-electron chi connectivity index (χ2n) is 4.52. The molecular weight excluding hydrogens is 198 g/mol. The van der Waals surface area contributed by atoms with Crippen LogP contribution in [0.5, 0.6) is 0 Å². The fourth-order valence-corrected chi connectivity index (χ4v) is 1.78. The van der Waals surface area contributed by atoms with Crippen molar-refractivity contribution in [2.24, 2.45) is 5.92 Å². The highest BCUT2D eigenvalue weighted by molar-refractivity contribution is 5.74. The van der Waals surface area contributed by atoms with E-state index in [1.54, 1.807) is 0 Å². The van der Waals surface area contributed by atoms with E-state index < -0.39 is 0 Å². The molecule has 3 nitrogen and oxygen atoms in total. The first kappa shape index (κ1) is 11.1. The standard InChI is InChI=1S/C13H19N3/c1-11(2)9-14-7-8-16-10-15-12-5-3-4-6-13(12)16/h3-6,10-11,14H,7-9H2,1-2H3. The summed E-state index contributed by atoms with van der Waals surface area (Å²) in [4.78, 5) is 4.37. The molecule has 1 aromatic heterocycles. The van der Waals surface area contributed by atoms with E-state index >= 15 is 0 Å². The van der Waals surface area contributed by atoms with Crippen molar-refractivity contribution in [3.05, 3.63) is 30.6 Å². The van der Waals surface area contributed by atoms with Crippen molar-refractivity contribution >= 4 is 11.0 Å². The van der Waals surface area contributed by atoms with Crippen LogP contribution < -0.4 is 5.32 Å². The van der Waals surface area contributed by atoms with Crippen LogP contribution in [0.3, 0.4) is 0 Å². The summed E-state index contributed by atoms with van der Waals surface area (Å²) in [6, 6.07) is 8.25. The molecule has 0 radical (unpaired) electrons. The number of para-hydroxylation sites is 2. The zero-order valence-electron chi connectivity index (χ0n) is 9.98. The average molecular weight is 217 g/mol. The maximum Gasteiger partial charge on any atom is 0.0958 e. The molecule has 0 bridgehead atoms. The molecule has 0 unspecified atom stereocenters. The van der Waals surface area contributed by atoms with Gasteiger partial charge in [-0.25, -0.2) is 4.98 Å². The van der Waals surface area contributed by atoms with Gasteiger partial charge in [0.2, 0.25) is 0 Å². The Labute approximate surface area is 96.5 Å². The fraction of sp³-hybridized carbons (Fsp3) is 0.462. The molecule has 1 N–H and O–H groups in total. The van der Waals surface area contributed by atoms with Crippen LogP contribution in [-0.2, 0) is 6.54 Å². The second kappa shape index (κ2) is 5.12. The van der Waals surface area contributed by atoms with Gasteiger partial charge >= 0.3 is 0 Å². The molecule has 0 fully saturated rings. The van der Waals surface area contributed by atoms with Crippen molar-refractivity contribution in [1.29, 1.82) is 0 Å². The molecule has 0 saturated carbocycles. The number of benzene rings is 1. The lowest BCUT2D eigenvalue weighted by atomic mass is 10.2. The van der Waals surface area contributed by atoms with E-state index in [0.717, 1.165) is 25.2 Å². The molecule has 86 valence electrons. The van der Waals surface area contributed by atoms with Crippen molar-refractivity contribution in [2.75, 3.05) is 13.1 Å². The van der Waals surface area contributed by atoms with Crippen LogP contribution in [-0.4, -0.2) is 22.6 Å². The van der Waals surface area contributed by atoms with Gasteiger partial charge in [-0.3, -0.25) is 0 Å². The van der Waals surface area contributed by atoms with E-state index in [1.807, 2.05) is 18.5 Å². The molecule has 1 heterocycles. The Hall–Kier alpha value is -1.35. The summed E-state index contributed by atoms with van der Waals surface area (Å²) >= 11 is 0. The van der Waals surface area contributed by atoms with Crippen molar-refractivity contribution in [3.8, 4) is 0 Å². The summed E-state index contributed by atoms with van der Waals surface area (Å²) < 4.78 is 2.20. The SMILES string of the molecule is CC(C)CNCCn1cnc2ccccc21. The number of hydrogen-bond acceptors (Lipinski definition) is 2. The van der Waals surface area contributed by atoms with Crippen LogP contribution in [0.2, 0.25) is 0 Å². The van der Waals surface area contributed by atoms with Gasteiger partial charge in [-0.1, -0.05) is 26.0 Å². The van der Waals surface area contributed by atoms with Crippen molar-refractivity contribution in [3.63, 3.8) is 0 Å². The van der Waals surface area contributed by atoms with Crippen LogP contribution in [0, 0.1) is 5.92 Å². The molecule has 0 saturated heterocycles. The minimum Gasteiger partial charge on any atom is -0.329 e. The third-order valence-electron chi connectivity index (χ3n) is 2.61. The van der Waals surface area contributed by atoms with E-state index in [0.29, 0.717) is 5.92 Å². The monoisotopic (exact) mass is 217 g/mol. The molecule has 0 atom stereocenters. The van der Waals surface area contributed by atoms with Gasteiger partial charge in [-0.15, -0.1) is 0 Å². The molecule has 16 heavy (non-hydrogen) atoms. The summed E-state index contributed by atoms with van der Waals surface area (Å²) in [6.07, 6.45) is 1.92. The number of fused-ring (bicyclic) bond motifs is 1. The van der Waals surface area contributed by atoms with Gasteiger partial charge in [0.05, 0.1) is 17.4 Å². The Morgan fingerprint density at radius 2 is 2.12 bits per heavy atom. The van der Waals surface area contributed by atoms with Crippen molar-refractivity contribution < 1.29 is 0 Å². The van der Waals surface area contributed by atoms with E-state index in [4.69, 9.17) is 0 Å². The highest BCUT2D eigenvalue weighted by atomic mass is 15.1. The molecule has 0 spiro atoms. The number of nitrogens with one attached hydrogen (secondary N) is 1. The summed E-state index contributed by atoms with van der Waals surface area (Å²) in [5, 5.41) is 3.44. The number of aromatic nitrogens is 2. The van der Waals surface area contributed by atoms with Gasteiger partial charge in [0.15, 0.2) is 0 Å². The molecule has 3 heteroatoms. The van der Waals surface area contributed by atoms with Crippen LogP contribution in [0.4, 0.5) is 0 Å². The largest absolute Gasteiger partial charge is 0.329 e. The lowest BCUT2D eigenvalue weighted by Crippen LogP contribution is -2.23. The van der Waals surface area contributed by atoms with Gasteiger partial charge in [-0.05, 0) is 24.6 Å². The molecule has 0 amide bonds. The number of imidazole rings is 1. The molecule has 0 aliphatic carbocycles. The van der Waals surface area contributed by atoms with E-state index in [-0.39, 0.29) is 0 Å². The second-order valence-corrected chi connectivity index (χ2v) is 4.52. The van der Waals surface area contributed by atoms with Gasteiger partial charge in [0.1, 0.15) is 0 Å². The van der Waals surface area contributed by atoms with Gasteiger partial charge in [0, 0.05) is 13.1 Å². The average Bonchev–Trinajstić information content (AvgIpc) is 2.68. The molecule has 0 aliphatic heterocycles. The molecular formula is C13H19N3. The van der Waals surface area contributed by atoms with Crippen LogP contribution >= 0.6 is 0 Å². The highest BCUT2D eigenvalue weighted by Gasteiger charge is 2.00. The zero-order chi connectivity index (χ0) is 11.4. The van der Waals surface area contributed by atoms with Crippen molar-refractivity contribution in [2.45, 2.75) is 20.4 Å². The Bertz CT molecular complexity index is 445. The first-order chi connectivity index (χ1) is 7.77. The first-order valence-electron chi connectivity index (χ1n) is 5.88. The third kappa shape index (κ3) is 2.61. The summed E-state index contributed by atoms with van der Waals surface area (Å²) in [6.45, 7) is 7.50. The van der Waals surface area contributed by atoms with Gasteiger partial charge in [-0.2, -0.15) is 0 Å². The lowest BCUT2D eigenvalue weighted by Gasteiger charge is -2.08. The first-order valence-corrected chi connectivity index (χ1v) is 5.88. The Morgan fingerprint density at radius 1 is 1.31 bits per heavy atom. The number of hydrogen-bond donors (Lipinski definition) is 1. The third-order valence-corrected chi connectivity index (χ3v) is 2.61. The maximum absolute atomic E-state index is 4.37. The van der Waals surface area contributed by atoms with E-state index in [2.05, 4.69) is 40.8 Å². The Morgan fingerprint density at radius 3 is 2.94 bits per heavy atom. The van der Waals surface area contributed by atoms with Gasteiger partial charge in [0.25, 0.3) is 0 Å². The minimum atomic E-state index is 0.708. The molecule has 2 rings (SSSR count). The normalized spacial score (nSPS) is 11.4. The van der Waals surface area contributed by atoms with Crippen LogP contribution in [0.1, 0.15) is 13.8 Å². The summed E-state index contributed by atoms with van der Waals surface area (Å²) in [5.41, 5.74) is 2.29. The van der Waals surface area contributed by atoms with E-state index in [1.165, 1.54) is 5.52 Å². The quantitative estimate of drug-likeness (QED) is 0.779. The maximum atomic E-state index is 4.37. The summed E-state index contributed by atoms with van der Waals surface area (Å²) in [7, 11) is 0. The summed E-state index contributed by atoms with van der Waals surface area (Å²) in [5.74, 6) is 0.708. The Balaban J connectivity index is 1.94. The number of nitrogens with zero attached hydrogens (tertiary/aromatic N) is 2. The predicted octanol–water partition coefficient (Wildman–Crippen LogP) is 2.28. The molecule has 2 aromatic rings. The van der Waals surface area contributed by atoms with E-state index in [9.17, 15) is 0 Å². The van der Waals surface area contributed by atoms with Gasteiger partial charge < -0.3 is 9.88 Å². The predicted molar refractivity (Wildman–Crippen MR) is 67.4 cm³/mol. The van der Waals surface area contributed by atoms with Crippen LogP contribution in [0.25, 0.3) is 11.0 Å². The topological polar surface area (TPSA) is 29.9 Å². The highest BCUT2D eigenvalue weighted by Crippen LogP contribution is 2.10. The molecule has 1 aromatic carbocycles. The zero-order valence-corrected chi connectivity index (χ0v) is 9.98. The number of rotatable bonds is 5.